The summed E-state index contributed by atoms with van der Waals surface area (Å²) in [6.07, 6.45) is 0. The molecule has 0 spiro atoms. The lowest BCUT2D eigenvalue weighted by molar-refractivity contribution is 1.07. The minimum atomic E-state index is -2.88. The van der Waals surface area contributed by atoms with Crippen molar-refractivity contribution in [3.8, 4) is 67.5 Å². The van der Waals surface area contributed by atoms with Crippen LogP contribution in [0.2, 0.25) is 0 Å². The molecule has 0 N–H and O–H groups in total. The minimum Gasteiger partial charge on any atom is -0.208 e. The predicted molar refractivity (Wildman–Crippen MR) is 265 cm³/mol. The molecule has 2 heterocycles. The Labute approximate surface area is 367 Å². The molecule has 1 aromatic heterocycles. The zero-order valence-electron chi connectivity index (χ0n) is 34.4. The van der Waals surface area contributed by atoms with Crippen LogP contribution in [-0.4, -0.2) is 23.0 Å². The quantitative estimate of drug-likeness (QED) is 0.150. The number of hydrogen-bond acceptors (Lipinski definition) is 3. The van der Waals surface area contributed by atoms with Gasteiger partial charge in [-0.05, 0) is 87.8 Å². The normalized spacial score (nSPS) is 12.6. The van der Waals surface area contributed by atoms with Crippen LogP contribution >= 0.6 is 0 Å². The fourth-order valence-electron chi connectivity index (χ4n) is 9.91. The number of rotatable bonds is 7. The molecule has 1 aliphatic heterocycles. The van der Waals surface area contributed by atoms with E-state index < -0.39 is 8.07 Å². The van der Waals surface area contributed by atoms with E-state index in [1.807, 2.05) is 0 Å². The topological polar surface area (TPSA) is 38.7 Å². The van der Waals surface area contributed by atoms with Crippen LogP contribution in [0.4, 0.5) is 0 Å². The monoisotopic (exact) mass is 817 g/mol. The number of fused-ring (bicyclic) bond motifs is 6. The van der Waals surface area contributed by atoms with Crippen molar-refractivity contribution in [3.63, 3.8) is 0 Å². The average Bonchev–Trinajstić information content (AvgIpc) is 3.69. The molecule has 0 radical (unpaired) electrons. The van der Waals surface area contributed by atoms with Crippen LogP contribution in [0, 0.1) is 0 Å². The molecule has 0 unspecified atom stereocenters. The van der Waals surface area contributed by atoms with Gasteiger partial charge < -0.3 is 0 Å². The van der Waals surface area contributed by atoms with E-state index in [2.05, 4.69) is 237 Å². The zero-order chi connectivity index (χ0) is 41.7. The standard InChI is InChI=1S/C59H39N3Si/c1-4-16-40(17-5-1)46-21-14-22-48(39-46)58-60-57(44-33-30-42(31-34-44)47-35-32-41-18-10-11-20-45(41)38-47)61-59(62-58)53-28-15-29-54-55(53)52-37-36-43-19-12-13-27-51(43)56(52)63(54,49-23-6-2-7-24-49)50-25-8-3-9-26-50/h1-39H. The van der Waals surface area contributed by atoms with Gasteiger partial charge in [-0.3, -0.25) is 0 Å². The molecular weight excluding hydrogens is 779 g/mol. The molecule has 10 aromatic carbocycles. The Morgan fingerprint density at radius 3 is 1.54 bits per heavy atom. The molecule has 0 aliphatic carbocycles. The molecular formula is C59H39N3Si. The first kappa shape index (κ1) is 36.8. The SMILES string of the molecule is c1ccc(-c2cccc(-c3nc(-c4ccc(-c5ccc6ccccc6c5)cc4)nc(-c4cccc5c4-c4ccc6ccccc6c4[Si]5(c4ccccc4)c4ccccc4)n3)c2)cc1. The number of aromatic nitrogens is 3. The van der Waals surface area contributed by atoms with E-state index in [9.17, 15) is 0 Å². The molecule has 3 nitrogen and oxygen atoms in total. The molecule has 12 rings (SSSR count). The second-order valence-corrected chi connectivity index (χ2v) is 20.0. The maximum absolute atomic E-state index is 5.43. The molecule has 11 aromatic rings. The summed E-state index contributed by atoms with van der Waals surface area (Å²) in [6.45, 7) is 0. The molecule has 4 heteroatoms. The Morgan fingerprint density at radius 2 is 0.794 bits per heavy atom. The third-order valence-corrected chi connectivity index (χ3v) is 17.7. The van der Waals surface area contributed by atoms with E-state index in [-0.39, 0.29) is 0 Å². The summed E-state index contributed by atoms with van der Waals surface area (Å²) in [5.74, 6) is 1.92. The first-order valence-corrected chi connectivity index (χ1v) is 23.5. The smallest absolute Gasteiger partial charge is 0.181 e. The van der Waals surface area contributed by atoms with Crippen molar-refractivity contribution in [2.75, 3.05) is 0 Å². The maximum Gasteiger partial charge on any atom is 0.181 e. The van der Waals surface area contributed by atoms with Crippen molar-refractivity contribution in [1.29, 1.82) is 0 Å². The van der Waals surface area contributed by atoms with Crippen LogP contribution in [0.3, 0.4) is 0 Å². The van der Waals surface area contributed by atoms with Crippen molar-refractivity contribution in [2.24, 2.45) is 0 Å². The minimum absolute atomic E-state index is 0.633. The van der Waals surface area contributed by atoms with Gasteiger partial charge in [0, 0.05) is 16.7 Å². The summed E-state index contributed by atoms with van der Waals surface area (Å²) >= 11 is 0. The number of hydrogen-bond donors (Lipinski definition) is 0. The second kappa shape index (κ2) is 15.1. The van der Waals surface area contributed by atoms with Crippen LogP contribution in [0.15, 0.2) is 237 Å². The molecule has 0 atom stereocenters. The van der Waals surface area contributed by atoms with Gasteiger partial charge in [0.15, 0.2) is 25.5 Å². The lowest BCUT2D eigenvalue weighted by Crippen LogP contribution is -2.73. The first-order chi connectivity index (χ1) is 31.2. The van der Waals surface area contributed by atoms with Gasteiger partial charge >= 0.3 is 0 Å². The van der Waals surface area contributed by atoms with Crippen LogP contribution in [0.5, 0.6) is 0 Å². The highest BCUT2D eigenvalue weighted by molar-refractivity contribution is 7.23. The predicted octanol–water partition coefficient (Wildman–Crippen LogP) is 11.9. The van der Waals surface area contributed by atoms with Gasteiger partial charge in [0.05, 0.1) is 0 Å². The second-order valence-electron chi connectivity index (χ2n) is 16.3. The van der Waals surface area contributed by atoms with Crippen LogP contribution in [-0.2, 0) is 0 Å². The van der Waals surface area contributed by atoms with E-state index in [0.717, 1.165) is 33.4 Å². The van der Waals surface area contributed by atoms with Crippen LogP contribution in [0.25, 0.3) is 89.1 Å². The Balaban J connectivity index is 1.10. The van der Waals surface area contributed by atoms with Gasteiger partial charge in [0.2, 0.25) is 0 Å². The molecule has 1 aliphatic rings. The van der Waals surface area contributed by atoms with E-state index in [4.69, 9.17) is 15.0 Å². The summed E-state index contributed by atoms with van der Waals surface area (Å²) in [7, 11) is -2.88. The van der Waals surface area contributed by atoms with Crippen molar-refractivity contribution >= 4 is 50.4 Å². The van der Waals surface area contributed by atoms with Crippen LogP contribution in [0.1, 0.15) is 0 Å². The van der Waals surface area contributed by atoms with E-state index in [0.29, 0.717) is 17.5 Å². The van der Waals surface area contributed by atoms with E-state index >= 15 is 0 Å². The van der Waals surface area contributed by atoms with E-state index in [1.165, 1.54) is 59.0 Å². The lowest BCUT2D eigenvalue weighted by atomic mass is 9.96. The zero-order valence-corrected chi connectivity index (χ0v) is 35.4. The van der Waals surface area contributed by atoms with Gasteiger partial charge in [0.1, 0.15) is 0 Å². The van der Waals surface area contributed by atoms with Crippen molar-refractivity contribution in [1.82, 2.24) is 15.0 Å². The van der Waals surface area contributed by atoms with Crippen molar-refractivity contribution < 1.29 is 0 Å². The fourth-order valence-corrected chi connectivity index (χ4v) is 15.3. The summed E-state index contributed by atoms with van der Waals surface area (Å²) in [5.41, 5.74) is 9.88. The van der Waals surface area contributed by atoms with Gasteiger partial charge in [0.25, 0.3) is 0 Å². The van der Waals surface area contributed by atoms with Crippen molar-refractivity contribution in [2.45, 2.75) is 0 Å². The van der Waals surface area contributed by atoms with E-state index in [1.54, 1.807) is 0 Å². The third kappa shape index (κ3) is 6.14. The Hall–Kier alpha value is -8.05. The summed E-state index contributed by atoms with van der Waals surface area (Å²) < 4.78 is 0. The van der Waals surface area contributed by atoms with Crippen LogP contribution < -0.4 is 20.7 Å². The molecule has 0 bridgehead atoms. The average molecular weight is 818 g/mol. The molecule has 294 valence electrons. The highest BCUT2D eigenvalue weighted by atomic mass is 28.3. The van der Waals surface area contributed by atoms with Gasteiger partial charge in [-0.2, -0.15) is 0 Å². The molecule has 0 saturated carbocycles. The Morgan fingerprint density at radius 1 is 0.286 bits per heavy atom. The summed E-state index contributed by atoms with van der Waals surface area (Å²) in [5, 5.41) is 10.4. The maximum atomic E-state index is 5.43. The molecule has 0 amide bonds. The molecule has 0 fully saturated rings. The summed E-state index contributed by atoms with van der Waals surface area (Å²) in [4.78, 5) is 16.1. The number of benzene rings is 10. The first-order valence-electron chi connectivity index (χ1n) is 21.5. The summed E-state index contributed by atoms with van der Waals surface area (Å²) in [6, 6.07) is 85.5. The fraction of sp³-hybridized carbons (Fsp3) is 0. The highest BCUT2D eigenvalue weighted by Gasteiger charge is 2.50. The van der Waals surface area contributed by atoms with Gasteiger partial charge in [-0.15, -0.1) is 0 Å². The number of nitrogens with zero attached hydrogens (tertiary/aromatic N) is 3. The van der Waals surface area contributed by atoms with Crippen molar-refractivity contribution in [3.05, 3.63) is 237 Å². The Bertz CT molecular complexity index is 3460. The molecule has 63 heavy (non-hydrogen) atoms. The lowest BCUT2D eigenvalue weighted by Gasteiger charge is -2.32. The largest absolute Gasteiger partial charge is 0.208 e. The van der Waals surface area contributed by atoms with Gasteiger partial charge in [-0.1, -0.05) is 224 Å². The Kier molecular flexibility index (Phi) is 8.84. The van der Waals surface area contributed by atoms with Gasteiger partial charge in [-0.25, -0.2) is 15.0 Å². The molecule has 0 saturated heterocycles. The third-order valence-electron chi connectivity index (χ3n) is 12.8. The highest BCUT2D eigenvalue weighted by Crippen LogP contribution is 2.39.